The average molecular weight is 271 g/mol. The number of hydrogen-bond donors (Lipinski definition) is 2. The summed E-state index contributed by atoms with van der Waals surface area (Å²) in [6.07, 6.45) is 0. The van der Waals surface area contributed by atoms with Crippen LogP contribution in [0.25, 0.3) is 0 Å². The summed E-state index contributed by atoms with van der Waals surface area (Å²) in [4.78, 5) is 11.7. The first-order valence-corrected chi connectivity index (χ1v) is 5.43. The molecule has 1 aromatic heterocycles. The highest BCUT2D eigenvalue weighted by Gasteiger charge is 2.11. The Morgan fingerprint density at radius 1 is 1.18 bits per heavy atom. The third-order valence-corrected chi connectivity index (χ3v) is 2.77. The van der Waals surface area contributed by atoms with Gasteiger partial charge in [-0.25, -0.2) is 0 Å². The smallest absolute Gasteiger partial charge is 0.291 e. The molecule has 0 spiro atoms. The van der Waals surface area contributed by atoms with E-state index in [1.165, 1.54) is 12.1 Å². The zero-order chi connectivity index (χ0) is 12.4. The maximum atomic E-state index is 11.7. The Labute approximate surface area is 107 Å². The Morgan fingerprint density at radius 3 is 2.53 bits per heavy atom. The highest BCUT2D eigenvalue weighted by atomic mass is 35.5. The number of amides is 1. The zero-order valence-corrected chi connectivity index (χ0v) is 10.0. The minimum absolute atomic E-state index is 0.133. The molecule has 0 radical (unpaired) electrons. The topological polar surface area (TPSA) is 68.3 Å². The first kappa shape index (κ1) is 11.8. The number of nitrogens with one attached hydrogen (secondary N) is 1. The number of hydrogen-bond acceptors (Lipinski definition) is 3. The molecule has 2 aromatic rings. The second-order valence-electron chi connectivity index (χ2n) is 3.29. The third-order valence-electron chi connectivity index (χ3n) is 2.03. The van der Waals surface area contributed by atoms with E-state index < -0.39 is 5.91 Å². The van der Waals surface area contributed by atoms with Crippen molar-refractivity contribution in [3.8, 4) is 0 Å². The van der Waals surface area contributed by atoms with Crippen LogP contribution in [0.5, 0.6) is 0 Å². The number of carbonyl (C=O) groups excluding carboxylic acids is 1. The summed E-state index contributed by atoms with van der Waals surface area (Å²) >= 11 is 11.6. The molecule has 4 nitrogen and oxygen atoms in total. The van der Waals surface area contributed by atoms with Gasteiger partial charge in [0.25, 0.3) is 5.91 Å². The van der Waals surface area contributed by atoms with Crippen LogP contribution in [0.1, 0.15) is 10.6 Å². The van der Waals surface area contributed by atoms with Gasteiger partial charge in [-0.2, -0.15) is 0 Å². The highest BCUT2D eigenvalue weighted by Crippen LogP contribution is 2.25. The predicted molar refractivity (Wildman–Crippen MR) is 67.5 cm³/mol. The van der Waals surface area contributed by atoms with Gasteiger partial charge in [0.05, 0.1) is 10.0 Å². The van der Waals surface area contributed by atoms with Gasteiger partial charge in [0.1, 0.15) is 0 Å². The molecule has 3 N–H and O–H groups in total. The highest BCUT2D eigenvalue weighted by molar-refractivity contribution is 6.42. The van der Waals surface area contributed by atoms with E-state index in [9.17, 15) is 4.79 Å². The van der Waals surface area contributed by atoms with E-state index in [1.807, 2.05) is 0 Å². The maximum absolute atomic E-state index is 11.7. The summed E-state index contributed by atoms with van der Waals surface area (Å²) in [6.45, 7) is 0. The van der Waals surface area contributed by atoms with Gasteiger partial charge in [-0.15, -0.1) is 0 Å². The van der Waals surface area contributed by atoms with Crippen LogP contribution in [-0.2, 0) is 0 Å². The molecule has 2 rings (SSSR count). The van der Waals surface area contributed by atoms with Crippen LogP contribution in [0.4, 0.5) is 11.6 Å². The largest absolute Gasteiger partial charge is 0.436 e. The Morgan fingerprint density at radius 2 is 1.94 bits per heavy atom. The summed E-state index contributed by atoms with van der Waals surface area (Å²) < 4.78 is 4.98. The van der Waals surface area contributed by atoms with Gasteiger partial charge in [-0.05, 0) is 24.3 Å². The van der Waals surface area contributed by atoms with Crippen LogP contribution in [0, 0.1) is 0 Å². The molecular formula is C11H8Cl2N2O2. The van der Waals surface area contributed by atoms with Gasteiger partial charge in [0, 0.05) is 11.8 Å². The monoisotopic (exact) mass is 270 g/mol. The fraction of sp³-hybridized carbons (Fsp3) is 0. The minimum Gasteiger partial charge on any atom is -0.436 e. The fourth-order valence-electron chi connectivity index (χ4n) is 1.24. The number of furan rings is 1. The van der Waals surface area contributed by atoms with Gasteiger partial charge in [0.15, 0.2) is 11.6 Å². The van der Waals surface area contributed by atoms with Crippen molar-refractivity contribution >= 4 is 40.7 Å². The Kier molecular flexibility index (Phi) is 3.26. The molecule has 0 aliphatic carbocycles. The molecule has 0 saturated carbocycles. The number of benzene rings is 1. The van der Waals surface area contributed by atoms with Crippen molar-refractivity contribution in [2.75, 3.05) is 11.1 Å². The second-order valence-corrected chi connectivity index (χ2v) is 4.10. The zero-order valence-electron chi connectivity index (χ0n) is 8.54. The Balaban J connectivity index is 2.15. The summed E-state index contributed by atoms with van der Waals surface area (Å²) in [5.41, 5.74) is 5.90. The van der Waals surface area contributed by atoms with Crippen molar-refractivity contribution in [3.05, 3.63) is 46.1 Å². The predicted octanol–water partition coefficient (Wildman–Crippen LogP) is 3.42. The fourth-order valence-corrected chi connectivity index (χ4v) is 1.54. The molecule has 0 aliphatic heterocycles. The van der Waals surface area contributed by atoms with Crippen LogP contribution in [0.2, 0.25) is 10.0 Å². The molecule has 0 saturated heterocycles. The van der Waals surface area contributed by atoms with Crippen molar-refractivity contribution in [3.63, 3.8) is 0 Å². The minimum atomic E-state index is -0.403. The van der Waals surface area contributed by atoms with Crippen molar-refractivity contribution in [2.24, 2.45) is 0 Å². The molecule has 88 valence electrons. The second kappa shape index (κ2) is 4.69. The average Bonchev–Trinajstić information content (AvgIpc) is 2.70. The standard InChI is InChI=1S/C11H8Cl2N2O2/c12-7-2-1-6(5-8(7)13)15-11(16)9-3-4-10(14)17-9/h1-5H,14H2,(H,15,16). The third kappa shape index (κ3) is 2.72. The van der Waals surface area contributed by atoms with E-state index in [4.69, 9.17) is 33.4 Å². The molecule has 6 heteroatoms. The lowest BCUT2D eigenvalue weighted by Gasteiger charge is -2.04. The van der Waals surface area contributed by atoms with Crippen molar-refractivity contribution in [2.45, 2.75) is 0 Å². The summed E-state index contributed by atoms with van der Waals surface area (Å²) in [5, 5.41) is 3.40. The van der Waals surface area contributed by atoms with E-state index in [-0.39, 0.29) is 11.6 Å². The van der Waals surface area contributed by atoms with Crippen LogP contribution in [-0.4, -0.2) is 5.91 Å². The first-order valence-electron chi connectivity index (χ1n) is 4.68. The van der Waals surface area contributed by atoms with Gasteiger partial charge in [-0.1, -0.05) is 23.2 Å². The van der Waals surface area contributed by atoms with E-state index >= 15 is 0 Å². The van der Waals surface area contributed by atoms with Crippen LogP contribution in [0.15, 0.2) is 34.7 Å². The van der Waals surface area contributed by atoms with Crippen molar-refractivity contribution in [1.29, 1.82) is 0 Å². The quantitative estimate of drug-likeness (QED) is 0.879. The Hall–Kier alpha value is -1.65. The van der Waals surface area contributed by atoms with Crippen molar-refractivity contribution < 1.29 is 9.21 Å². The molecule has 17 heavy (non-hydrogen) atoms. The van der Waals surface area contributed by atoms with Gasteiger partial charge in [-0.3, -0.25) is 4.79 Å². The maximum Gasteiger partial charge on any atom is 0.291 e. The molecule has 1 aromatic carbocycles. The van der Waals surface area contributed by atoms with Gasteiger partial charge < -0.3 is 15.5 Å². The molecule has 0 atom stereocenters. The van der Waals surface area contributed by atoms with Gasteiger partial charge in [0.2, 0.25) is 0 Å². The van der Waals surface area contributed by atoms with E-state index in [2.05, 4.69) is 5.32 Å². The summed E-state index contributed by atoms with van der Waals surface area (Å²) in [7, 11) is 0. The molecule has 1 amide bonds. The van der Waals surface area contributed by atoms with E-state index in [0.717, 1.165) is 0 Å². The first-order chi connectivity index (χ1) is 8.06. The number of rotatable bonds is 2. The number of carbonyl (C=O) groups is 1. The molecule has 1 heterocycles. The molecule has 0 bridgehead atoms. The molecule has 0 unspecified atom stereocenters. The molecular weight excluding hydrogens is 263 g/mol. The number of nitrogens with two attached hydrogens (primary N) is 1. The van der Waals surface area contributed by atoms with Crippen LogP contribution in [0.3, 0.4) is 0 Å². The number of nitrogen functional groups attached to an aromatic ring is 1. The van der Waals surface area contributed by atoms with Gasteiger partial charge >= 0.3 is 0 Å². The van der Waals surface area contributed by atoms with Crippen LogP contribution < -0.4 is 11.1 Å². The normalized spacial score (nSPS) is 10.2. The lowest BCUT2D eigenvalue weighted by molar-refractivity contribution is 0.0997. The lowest BCUT2D eigenvalue weighted by atomic mass is 10.3. The SMILES string of the molecule is Nc1ccc(C(=O)Nc2ccc(Cl)c(Cl)c2)o1. The number of halogens is 2. The molecule has 0 fully saturated rings. The van der Waals surface area contributed by atoms with Crippen LogP contribution >= 0.6 is 23.2 Å². The lowest BCUT2D eigenvalue weighted by Crippen LogP contribution is -2.10. The summed E-state index contributed by atoms with van der Waals surface area (Å²) in [6, 6.07) is 7.77. The van der Waals surface area contributed by atoms with Crippen molar-refractivity contribution in [1.82, 2.24) is 0 Å². The van der Waals surface area contributed by atoms with E-state index in [1.54, 1.807) is 18.2 Å². The van der Waals surface area contributed by atoms with E-state index in [0.29, 0.717) is 15.7 Å². The Bertz CT molecular complexity index is 566. The summed E-state index contributed by atoms with van der Waals surface area (Å²) in [5.74, 6) is -0.0852. The number of anilines is 2. The molecule has 0 aliphatic rings.